The molecule has 3 saturated heterocycles. The maximum Gasteiger partial charge on any atom is 0.414 e. The van der Waals surface area contributed by atoms with Gasteiger partial charge >= 0.3 is 11.9 Å². The van der Waals surface area contributed by atoms with Crippen LogP contribution < -0.4 is 9.64 Å². The quantitative estimate of drug-likeness (QED) is 0.372. The van der Waals surface area contributed by atoms with E-state index in [0.717, 1.165) is 49.7 Å². The Morgan fingerprint density at radius 3 is 2.15 bits per heavy atom. The third-order valence-corrected chi connectivity index (χ3v) is 7.27. The summed E-state index contributed by atoms with van der Waals surface area (Å²) in [5.74, 6) is -4.19. The molecule has 2 atom stereocenters. The van der Waals surface area contributed by atoms with Crippen molar-refractivity contribution in [1.82, 2.24) is 9.80 Å². The Labute approximate surface area is 238 Å². The topological polar surface area (TPSA) is 146 Å². The number of benzene rings is 2. The van der Waals surface area contributed by atoms with Gasteiger partial charge in [-0.15, -0.1) is 0 Å². The van der Waals surface area contributed by atoms with Crippen LogP contribution in [-0.4, -0.2) is 103 Å². The van der Waals surface area contributed by atoms with Crippen molar-refractivity contribution in [1.29, 1.82) is 0 Å². The number of carboxylic acids is 2. The summed E-state index contributed by atoms with van der Waals surface area (Å²) in [4.78, 5) is 49.3. The lowest BCUT2D eigenvalue weighted by Crippen LogP contribution is -2.50. The molecule has 3 fully saturated rings. The van der Waals surface area contributed by atoms with Crippen molar-refractivity contribution in [2.24, 2.45) is 0 Å². The molecule has 0 saturated carbocycles. The standard InChI is InChI=1S/C27H33N3O5.C2H2O4/c1-33-24-11-6-5-10-23(24)29-16-14-28(15-17-29)18-22-19-34-27(35-22,21-8-3-2-4-9-21)20-30-25(31)12-7-13-26(30)32;3-1(4)2(5)6/h2-6,8-11,22H,7,12-20H2,1H3;(H,3,4)(H,5,6)/t22-,27+;/m0./s1. The van der Waals surface area contributed by atoms with E-state index in [4.69, 9.17) is 34.0 Å². The van der Waals surface area contributed by atoms with Crippen molar-refractivity contribution >= 4 is 29.4 Å². The normalized spacial score (nSPS) is 23.1. The van der Waals surface area contributed by atoms with Gasteiger partial charge in [-0.05, 0) is 18.6 Å². The summed E-state index contributed by atoms with van der Waals surface area (Å²) < 4.78 is 18.4. The first-order valence-corrected chi connectivity index (χ1v) is 13.5. The molecule has 3 heterocycles. The van der Waals surface area contributed by atoms with Gasteiger partial charge in [0, 0.05) is 51.1 Å². The number of hydrogen-bond donors (Lipinski definition) is 2. The molecular formula is C29H35N3O9. The number of likely N-dealkylation sites (tertiary alicyclic amines) is 1. The fourth-order valence-electron chi connectivity index (χ4n) is 5.21. The summed E-state index contributed by atoms with van der Waals surface area (Å²) in [5.41, 5.74) is 1.95. The molecular weight excluding hydrogens is 534 g/mol. The highest BCUT2D eigenvalue weighted by Crippen LogP contribution is 2.37. The Morgan fingerprint density at radius 2 is 1.54 bits per heavy atom. The van der Waals surface area contributed by atoms with Gasteiger partial charge < -0.3 is 29.3 Å². The number of methoxy groups -OCH3 is 1. The average molecular weight is 570 g/mol. The smallest absolute Gasteiger partial charge is 0.414 e. The van der Waals surface area contributed by atoms with Gasteiger partial charge in [0.25, 0.3) is 0 Å². The van der Waals surface area contributed by atoms with E-state index in [0.29, 0.717) is 25.9 Å². The lowest BCUT2D eigenvalue weighted by molar-refractivity contribution is -0.197. The van der Waals surface area contributed by atoms with Crippen molar-refractivity contribution in [2.75, 3.05) is 57.9 Å². The van der Waals surface area contributed by atoms with Gasteiger partial charge in [0.15, 0.2) is 0 Å². The molecule has 2 N–H and O–H groups in total. The van der Waals surface area contributed by atoms with Crippen LogP contribution in [0.15, 0.2) is 54.6 Å². The van der Waals surface area contributed by atoms with Crippen molar-refractivity contribution in [2.45, 2.75) is 31.2 Å². The van der Waals surface area contributed by atoms with Gasteiger partial charge in [0.2, 0.25) is 17.6 Å². The number of carboxylic acid groups (broad SMARTS) is 2. The first-order valence-electron chi connectivity index (χ1n) is 13.5. The number of para-hydroxylation sites is 2. The van der Waals surface area contributed by atoms with Crippen molar-refractivity contribution < 1.29 is 43.6 Å². The molecule has 3 aliphatic heterocycles. The van der Waals surface area contributed by atoms with Crippen LogP contribution in [0.3, 0.4) is 0 Å². The number of hydrogen-bond acceptors (Lipinski definition) is 9. The predicted molar refractivity (Wildman–Crippen MR) is 146 cm³/mol. The molecule has 2 amide bonds. The molecule has 0 radical (unpaired) electrons. The third kappa shape index (κ3) is 7.40. The number of anilines is 1. The number of piperidine rings is 1. The Kier molecular flexibility index (Phi) is 9.92. The molecule has 0 aliphatic carbocycles. The van der Waals surface area contributed by atoms with E-state index in [1.54, 1.807) is 7.11 Å². The Bertz CT molecular complexity index is 1210. The van der Waals surface area contributed by atoms with Crippen LogP contribution in [-0.2, 0) is 34.4 Å². The van der Waals surface area contributed by atoms with Crippen molar-refractivity contribution in [3.05, 3.63) is 60.2 Å². The second kappa shape index (κ2) is 13.6. The molecule has 3 aliphatic rings. The van der Waals surface area contributed by atoms with Crippen LogP contribution in [0.4, 0.5) is 5.69 Å². The van der Waals surface area contributed by atoms with Crippen LogP contribution in [0.2, 0.25) is 0 Å². The van der Waals surface area contributed by atoms with E-state index in [-0.39, 0.29) is 24.5 Å². The molecule has 12 heteroatoms. The molecule has 2 aromatic carbocycles. The number of imide groups is 1. The summed E-state index contributed by atoms with van der Waals surface area (Å²) in [5, 5.41) is 14.8. The fraction of sp³-hybridized carbons (Fsp3) is 0.448. The van der Waals surface area contributed by atoms with Crippen LogP contribution in [0.1, 0.15) is 24.8 Å². The predicted octanol–water partition coefficient (Wildman–Crippen LogP) is 1.78. The summed E-state index contributed by atoms with van der Waals surface area (Å²) in [6, 6.07) is 17.8. The van der Waals surface area contributed by atoms with Crippen molar-refractivity contribution in [3.8, 4) is 5.75 Å². The number of nitrogens with zero attached hydrogens (tertiary/aromatic N) is 3. The molecule has 41 heavy (non-hydrogen) atoms. The third-order valence-electron chi connectivity index (χ3n) is 7.27. The molecule has 0 aromatic heterocycles. The molecule has 2 aromatic rings. The van der Waals surface area contributed by atoms with Crippen molar-refractivity contribution in [3.63, 3.8) is 0 Å². The highest BCUT2D eigenvalue weighted by atomic mass is 16.7. The zero-order chi connectivity index (χ0) is 29.4. The Balaban J connectivity index is 0.000000585. The van der Waals surface area contributed by atoms with Crippen LogP contribution in [0.5, 0.6) is 5.75 Å². The van der Waals surface area contributed by atoms with Gasteiger partial charge in [-0.2, -0.15) is 0 Å². The SMILES string of the molecule is COc1ccccc1N1CCN(C[C@H]2CO[C@@](CN3C(=O)CCCC3=O)(c3ccccc3)O2)CC1.O=C(O)C(=O)O. The minimum atomic E-state index is -1.82. The summed E-state index contributed by atoms with van der Waals surface area (Å²) in [7, 11) is 1.70. The summed E-state index contributed by atoms with van der Waals surface area (Å²) in [6.07, 6.45) is 1.23. The van der Waals surface area contributed by atoms with Crippen LogP contribution in [0.25, 0.3) is 0 Å². The Morgan fingerprint density at radius 1 is 0.927 bits per heavy atom. The van der Waals surface area contributed by atoms with E-state index < -0.39 is 17.7 Å². The number of carbonyl (C=O) groups is 4. The van der Waals surface area contributed by atoms with Gasteiger partial charge in [0.05, 0.1) is 32.1 Å². The number of amides is 2. The highest BCUT2D eigenvalue weighted by molar-refractivity contribution is 6.27. The monoisotopic (exact) mass is 569 g/mol. The van der Waals surface area contributed by atoms with E-state index in [9.17, 15) is 9.59 Å². The summed E-state index contributed by atoms with van der Waals surface area (Å²) in [6.45, 7) is 4.84. The lowest BCUT2D eigenvalue weighted by atomic mass is 10.0. The molecule has 0 spiro atoms. The zero-order valence-corrected chi connectivity index (χ0v) is 22.9. The van der Waals surface area contributed by atoms with E-state index in [1.807, 2.05) is 48.5 Å². The first-order chi connectivity index (χ1) is 19.7. The minimum absolute atomic E-state index is 0.0900. The van der Waals surface area contributed by atoms with E-state index in [1.165, 1.54) is 4.90 Å². The van der Waals surface area contributed by atoms with E-state index >= 15 is 0 Å². The second-order valence-corrected chi connectivity index (χ2v) is 9.97. The van der Waals surface area contributed by atoms with Gasteiger partial charge in [-0.1, -0.05) is 42.5 Å². The number of piperazine rings is 1. The molecule has 0 unspecified atom stereocenters. The van der Waals surface area contributed by atoms with E-state index in [2.05, 4.69) is 15.9 Å². The van der Waals surface area contributed by atoms with Gasteiger partial charge in [-0.25, -0.2) is 9.59 Å². The number of ether oxygens (including phenoxy) is 3. The van der Waals surface area contributed by atoms with Gasteiger partial charge in [0.1, 0.15) is 5.75 Å². The number of rotatable bonds is 7. The first kappa shape index (κ1) is 30.0. The highest BCUT2D eigenvalue weighted by Gasteiger charge is 2.47. The lowest BCUT2D eigenvalue weighted by Gasteiger charge is -2.38. The van der Waals surface area contributed by atoms with Gasteiger partial charge in [-0.3, -0.25) is 19.4 Å². The maximum atomic E-state index is 12.5. The number of aliphatic carboxylic acids is 2. The van der Waals surface area contributed by atoms with Crippen LogP contribution in [0, 0.1) is 0 Å². The molecule has 12 nitrogen and oxygen atoms in total. The number of carbonyl (C=O) groups excluding carboxylic acids is 2. The second-order valence-electron chi connectivity index (χ2n) is 9.97. The summed E-state index contributed by atoms with van der Waals surface area (Å²) >= 11 is 0. The fourth-order valence-corrected chi connectivity index (χ4v) is 5.21. The Hall–Kier alpha value is -4.00. The molecule has 220 valence electrons. The largest absolute Gasteiger partial charge is 0.495 e. The van der Waals surface area contributed by atoms with Crippen LogP contribution >= 0.6 is 0 Å². The average Bonchev–Trinajstić information content (AvgIpc) is 3.39. The molecule has 0 bridgehead atoms. The minimum Gasteiger partial charge on any atom is -0.495 e. The maximum absolute atomic E-state index is 12.5. The zero-order valence-electron chi connectivity index (χ0n) is 22.9. The molecule has 5 rings (SSSR count).